The third kappa shape index (κ3) is 2.26. The number of carbonyl (C=O) groups excluding carboxylic acids is 1. The van der Waals surface area contributed by atoms with Crippen LogP contribution in [-0.2, 0) is 16.0 Å². The molecular formula is C12H18N4O2. The molecule has 0 unspecified atom stereocenters. The van der Waals surface area contributed by atoms with Crippen molar-refractivity contribution < 1.29 is 9.53 Å². The molecule has 0 aliphatic carbocycles. The lowest BCUT2D eigenvalue weighted by molar-refractivity contribution is -0.138. The standard InChI is InChI=1S/C12H18N4O2/c17-12-11(4-9-5-13-7-14-9)15-8-18-6-10-2-1-3-16(10)12/h5,7,10-11,15H,1-4,6,8H2,(H,13,14)/t10-,11-/m0/s1. The molecule has 2 aliphatic heterocycles. The van der Waals surface area contributed by atoms with Crippen LogP contribution in [0, 0.1) is 0 Å². The average Bonchev–Trinajstić information content (AvgIpc) is 3.01. The number of hydrogen-bond acceptors (Lipinski definition) is 4. The van der Waals surface area contributed by atoms with Crippen LogP contribution in [0.3, 0.4) is 0 Å². The van der Waals surface area contributed by atoms with Crippen LogP contribution in [0.5, 0.6) is 0 Å². The first kappa shape index (κ1) is 11.7. The van der Waals surface area contributed by atoms with E-state index in [1.807, 2.05) is 4.90 Å². The van der Waals surface area contributed by atoms with Crippen LogP contribution in [0.25, 0.3) is 0 Å². The van der Waals surface area contributed by atoms with Crippen molar-refractivity contribution in [2.24, 2.45) is 0 Å². The van der Waals surface area contributed by atoms with Crippen LogP contribution in [0.4, 0.5) is 0 Å². The van der Waals surface area contributed by atoms with Crippen LogP contribution < -0.4 is 5.32 Å². The molecule has 0 saturated carbocycles. The maximum Gasteiger partial charge on any atom is 0.240 e. The number of imidazole rings is 1. The Morgan fingerprint density at radius 3 is 3.33 bits per heavy atom. The molecule has 1 amide bonds. The molecule has 2 atom stereocenters. The summed E-state index contributed by atoms with van der Waals surface area (Å²) in [6.07, 6.45) is 6.17. The highest BCUT2D eigenvalue weighted by atomic mass is 16.5. The number of nitrogens with zero attached hydrogens (tertiary/aromatic N) is 2. The number of nitrogens with one attached hydrogen (secondary N) is 2. The van der Waals surface area contributed by atoms with E-state index >= 15 is 0 Å². The Morgan fingerprint density at radius 2 is 2.50 bits per heavy atom. The average molecular weight is 250 g/mol. The van der Waals surface area contributed by atoms with Crippen LogP contribution in [-0.4, -0.2) is 52.7 Å². The Morgan fingerprint density at radius 1 is 1.56 bits per heavy atom. The minimum absolute atomic E-state index is 0.190. The zero-order valence-electron chi connectivity index (χ0n) is 10.3. The van der Waals surface area contributed by atoms with E-state index in [4.69, 9.17) is 4.74 Å². The third-order valence-electron chi connectivity index (χ3n) is 3.68. The molecular weight excluding hydrogens is 232 g/mol. The van der Waals surface area contributed by atoms with E-state index < -0.39 is 0 Å². The first-order chi connectivity index (χ1) is 8.84. The van der Waals surface area contributed by atoms with Gasteiger partial charge in [0.05, 0.1) is 31.7 Å². The summed E-state index contributed by atoms with van der Waals surface area (Å²) in [6.45, 7) is 1.94. The Hall–Kier alpha value is -1.40. The van der Waals surface area contributed by atoms with Gasteiger partial charge in [0.2, 0.25) is 5.91 Å². The van der Waals surface area contributed by atoms with Gasteiger partial charge in [-0.3, -0.25) is 10.1 Å². The van der Waals surface area contributed by atoms with Crippen molar-refractivity contribution in [1.82, 2.24) is 20.2 Å². The smallest absolute Gasteiger partial charge is 0.240 e. The summed E-state index contributed by atoms with van der Waals surface area (Å²) in [5.74, 6) is 0.190. The minimum Gasteiger partial charge on any atom is -0.364 e. The number of aromatic nitrogens is 2. The highest BCUT2D eigenvalue weighted by molar-refractivity contribution is 5.82. The topological polar surface area (TPSA) is 70.2 Å². The summed E-state index contributed by atoms with van der Waals surface area (Å²) in [4.78, 5) is 21.5. The molecule has 2 fully saturated rings. The van der Waals surface area contributed by atoms with Crippen LogP contribution in [0.15, 0.2) is 12.5 Å². The van der Waals surface area contributed by atoms with E-state index in [1.165, 1.54) is 0 Å². The molecule has 6 nitrogen and oxygen atoms in total. The molecule has 2 saturated heterocycles. The van der Waals surface area contributed by atoms with Gasteiger partial charge in [-0.15, -0.1) is 0 Å². The second-order valence-corrected chi connectivity index (χ2v) is 4.88. The van der Waals surface area contributed by atoms with Gasteiger partial charge in [0.15, 0.2) is 0 Å². The number of ether oxygens (including phenoxy) is 1. The fraction of sp³-hybridized carbons (Fsp3) is 0.667. The van der Waals surface area contributed by atoms with Crippen molar-refractivity contribution in [3.05, 3.63) is 18.2 Å². The summed E-state index contributed by atoms with van der Waals surface area (Å²) in [7, 11) is 0. The quantitative estimate of drug-likeness (QED) is 0.768. The van der Waals surface area contributed by atoms with Crippen molar-refractivity contribution >= 4 is 5.91 Å². The number of rotatable bonds is 2. The zero-order valence-corrected chi connectivity index (χ0v) is 10.3. The second kappa shape index (κ2) is 5.07. The Bertz CT molecular complexity index is 406. The third-order valence-corrected chi connectivity index (χ3v) is 3.68. The van der Waals surface area contributed by atoms with E-state index in [9.17, 15) is 4.79 Å². The SMILES string of the molecule is O=C1[C@H](Cc2cnc[nH]2)NCOC[C@@H]2CCCN12. The number of amides is 1. The minimum atomic E-state index is -0.216. The summed E-state index contributed by atoms with van der Waals surface area (Å²) < 4.78 is 5.56. The normalized spacial score (nSPS) is 28.9. The van der Waals surface area contributed by atoms with Gasteiger partial charge in [0.1, 0.15) is 0 Å². The van der Waals surface area contributed by atoms with Crippen LogP contribution in [0.1, 0.15) is 18.5 Å². The van der Waals surface area contributed by atoms with Crippen molar-refractivity contribution in [3.63, 3.8) is 0 Å². The lowest BCUT2D eigenvalue weighted by Gasteiger charge is -2.31. The Kier molecular flexibility index (Phi) is 3.29. The van der Waals surface area contributed by atoms with Gasteiger partial charge in [-0.25, -0.2) is 4.98 Å². The molecule has 18 heavy (non-hydrogen) atoms. The first-order valence-corrected chi connectivity index (χ1v) is 6.43. The van der Waals surface area contributed by atoms with Crippen molar-refractivity contribution in [3.8, 4) is 0 Å². The van der Waals surface area contributed by atoms with Crippen LogP contribution in [0.2, 0.25) is 0 Å². The summed E-state index contributed by atoms with van der Waals surface area (Å²) in [5.41, 5.74) is 0.970. The van der Waals surface area contributed by atoms with Crippen molar-refractivity contribution in [2.75, 3.05) is 19.9 Å². The van der Waals surface area contributed by atoms with Gasteiger partial charge in [0.25, 0.3) is 0 Å². The van der Waals surface area contributed by atoms with E-state index in [-0.39, 0.29) is 18.0 Å². The van der Waals surface area contributed by atoms with Gasteiger partial charge in [-0.2, -0.15) is 0 Å². The predicted molar refractivity (Wildman–Crippen MR) is 64.8 cm³/mol. The number of aromatic amines is 1. The van der Waals surface area contributed by atoms with Crippen molar-refractivity contribution in [1.29, 1.82) is 0 Å². The molecule has 6 heteroatoms. The highest BCUT2D eigenvalue weighted by Crippen LogP contribution is 2.20. The predicted octanol–water partition coefficient (Wildman–Crippen LogP) is -0.111. The second-order valence-electron chi connectivity index (χ2n) is 4.88. The van der Waals surface area contributed by atoms with Gasteiger partial charge < -0.3 is 14.6 Å². The lowest BCUT2D eigenvalue weighted by Crippen LogP contribution is -2.53. The Balaban J connectivity index is 1.73. The number of carbonyl (C=O) groups is 1. The van der Waals surface area contributed by atoms with E-state index in [0.29, 0.717) is 19.8 Å². The van der Waals surface area contributed by atoms with E-state index in [2.05, 4.69) is 15.3 Å². The lowest BCUT2D eigenvalue weighted by atomic mass is 10.1. The highest BCUT2D eigenvalue weighted by Gasteiger charge is 2.34. The maximum absolute atomic E-state index is 12.5. The fourth-order valence-electron chi connectivity index (χ4n) is 2.72. The molecule has 2 aliphatic rings. The molecule has 0 aromatic carbocycles. The molecule has 2 N–H and O–H groups in total. The zero-order chi connectivity index (χ0) is 12.4. The summed E-state index contributed by atoms with van der Waals surface area (Å²) in [6, 6.07) is 0.0511. The molecule has 3 heterocycles. The monoisotopic (exact) mass is 250 g/mol. The number of hydrogen-bond donors (Lipinski definition) is 2. The van der Waals surface area contributed by atoms with Gasteiger partial charge in [-0.1, -0.05) is 0 Å². The molecule has 0 bridgehead atoms. The first-order valence-electron chi connectivity index (χ1n) is 6.43. The van der Waals surface area contributed by atoms with Gasteiger partial charge >= 0.3 is 0 Å². The van der Waals surface area contributed by atoms with Crippen molar-refractivity contribution in [2.45, 2.75) is 31.3 Å². The molecule has 98 valence electrons. The van der Waals surface area contributed by atoms with Gasteiger partial charge in [0, 0.05) is 24.9 Å². The molecule has 0 spiro atoms. The van der Waals surface area contributed by atoms with E-state index in [0.717, 1.165) is 25.1 Å². The molecule has 1 aromatic rings. The molecule has 1 aromatic heterocycles. The molecule has 0 radical (unpaired) electrons. The fourth-order valence-corrected chi connectivity index (χ4v) is 2.72. The summed E-state index contributed by atoms with van der Waals surface area (Å²) in [5, 5.41) is 3.16. The van der Waals surface area contributed by atoms with Gasteiger partial charge in [-0.05, 0) is 12.8 Å². The Labute approximate surface area is 106 Å². The molecule has 3 rings (SSSR count). The number of H-pyrrole nitrogens is 1. The number of fused-ring (bicyclic) bond motifs is 1. The van der Waals surface area contributed by atoms with E-state index in [1.54, 1.807) is 12.5 Å². The maximum atomic E-state index is 12.5. The largest absolute Gasteiger partial charge is 0.364 e. The summed E-state index contributed by atoms with van der Waals surface area (Å²) >= 11 is 0. The van der Waals surface area contributed by atoms with Crippen LogP contribution >= 0.6 is 0 Å².